The van der Waals surface area contributed by atoms with Crippen LogP contribution in [0.5, 0.6) is 5.75 Å². The molecule has 0 aliphatic carbocycles. The van der Waals surface area contributed by atoms with Crippen LogP contribution in [-0.4, -0.2) is 18.4 Å². The zero-order chi connectivity index (χ0) is 21.6. The Kier molecular flexibility index (Phi) is 6.29. The van der Waals surface area contributed by atoms with Gasteiger partial charge in [-0.2, -0.15) is 0 Å². The van der Waals surface area contributed by atoms with E-state index in [-0.39, 0.29) is 18.4 Å². The summed E-state index contributed by atoms with van der Waals surface area (Å²) in [5.74, 6) is 0.0814. The second-order valence-corrected chi connectivity index (χ2v) is 7.63. The minimum Gasteiger partial charge on any atom is -0.483 e. The van der Waals surface area contributed by atoms with E-state index in [4.69, 9.17) is 4.74 Å². The van der Waals surface area contributed by atoms with Gasteiger partial charge in [-0.1, -0.05) is 54.6 Å². The summed E-state index contributed by atoms with van der Waals surface area (Å²) in [6.45, 7) is -0.141. The Morgan fingerprint density at radius 2 is 1.48 bits per heavy atom. The topological polar surface area (TPSA) is 67.4 Å². The highest BCUT2D eigenvalue weighted by molar-refractivity contribution is 9.10. The number of carbonyl (C=O) groups excluding carboxylic acids is 2. The van der Waals surface area contributed by atoms with Crippen LogP contribution in [0.4, 0.5) is 11.4 Å². The highest BCUT2D eigenvalue weighted by atomic mass is 79.9. The Labute approximate surface area is 188 Å². The molecule has 4 rings (SSSR count). The number of fused-ring (bicyclic) bond motifs is 1. The minimum atomic E-state index is -0.299. The van der Waals surface area contributed by atoms with E-state index in [2.05, 4.69) is 26.6 Å². The molecule has 0 spiro atoms. The van der Waals surface area contributed by atoms with Crippen LogP contribution >= 0.6 is 15.9 Å². The van der Waals surface area contributed by atoms with E-state index in [0.717, 1.165) is 15.2 Å². The summed E-state index contributed by atoms with van der Waals surface area (Å²) in [5, 5.41) is 7.72. The molecule has 0 fully saturated rings. The number of carbonyl (C=O) groups is 2. The summed E-state index contributed by atoms with van der Waals surface area (Å²) in [4.78, 5) is 24.7. The van der Waals surface area contributed by atoms with Crippen molar-refractivity contribution in [1.82, 2.24) is 0 Å². The Balaban J connectivity index is 1.37. The van der Waals surface area contributed by atoms with E-state index in [1.54, 1.807) is 48.5 Å². The van der Waals surface area contributed by atoms with Crippen molar-refractivity contribution >= 4 is 49.9 Å². The highest BCUT2D eigenvalue weighted by Crippen LogP contribution is 2.33. The van der Waals surface area contributed by atoms with Crippen molar-refractivity contribution in [3.63, 3.8) is 0 Å². The quantitative estimate of drug-likeness (QED) is 0.367. The van der Waals surface area contributed by atoms with Crippen molar-refractivity contribution in [3.05, 3.63) is 101 Å². The van der Waals surface area contributed by atoms with Crippen LogP contribution in [0.1, 0.15) is 10.4 Å². The van der Waals surface area contributed by atoms with Gasteiger partial charge in [-0.15, -0.1) is 0 Å². The number of nitrogens with one attached hydrogen (secondary N) is 2. The minimum absolute atomic E-state index is 0.141. The lowest BCUT2D eigenvalue weighted by molar-refractivity contribution is -0.118. The molecule has 6 heteroatoms. The molecule has 0 bridgehead atoms. The maximum atomic E-state index is 12.4. The first-order valence-electron chi connectivity index (χ1n) is 9.66. The second-order valence-electron chi connectivity index (χ2n) is 6.84. The molecule has 4 aromatic rings. The van der Waals surface area contributed by atoms with Crippen molar-refractivity contribution in [3.8, 4) is 5.75 Å². The van der Waals surface area contributed by atoms with E-state index in [1.165, 1.54) is 0 Å². The van der Waals surface area contributed by atoms with E-state index in [9.17, 15) is 9.59 Å². The summed E-state index contributed by atoms with van der Waals surface area (Å²) in [6.07, 6.45) is 0. The van der Waals surface area contributed by atoms with Crippen LogP contribution in [0.15, 0.2) is 95.5 Å². The Morgan fingerprint density at radius 3 is 2.29 bits per heavy atom. The van der Waals surface area contributed by atoms with Gasteiger partial charge in [0, 0.05) is 16.9 Å². The van der Waals surface area contributed by atoms with Crippen molar-refractivity contribution < 1.29 is 14.3 Å². The number of rotatable bonds is 6. The molecule has 0 aliphatic heterocycles. The van der Waals surface area contributed by atoms with Crippen molar-refractivity contribution in [2.24, 2.45) is 0 Å². The van der Waals surface area contributed by atoms with Gasteiger partial charge in [-0.05, 0) is 63.1 Å². The summed E-state index contributed by atoms with van der Waals surface area (Å²) in [7, 11) is 0. The van der Waals surface area contributed by atoms with Gasteiger partial charge in [0.05, 0.1) is 4.47 Å². The first-order valence-corrected chi connectivity index (χ1v) is 10.5. The van der Waals surface area contributed by atoms with E-state index >= 15 is 0 Å². The van der Waals surface area contributed by atoms with Gasteiger partial charge in [0.25, 0.3) is 11.8 Å². The summed E-state index contributed by atoms with van der Waals surface area (Å²) in [5.41, 5.74) is 1.72. The number of anilines is 2. The van der Waals surface area contributed by atoms with Crippen LogP contribution < -0.4 is 15.4 Å². The fraction of sp³-hybridized carbons (Fsp3) is 0.0400. The second kappa shape index (κ2) is 9.45. The number of halogens is 1. The van der Waals surface area contributed by atoms with Crippen LogP contribution in [0, 0.1) is 0 Å². The molecule has 0 heterocycles. The lowest BCUT2D eigenvalue weighted by Gasteiger charge is -2.11. The molecule has 4 aromatic carbocycles. The van der Waals surface area contributed by atoms with Crippen molar-refractivity contribution in [2.45, 2.75) is 0 Å². The number of amides is 2. The molecule has 0 radical (unpaired) electrons. The fourth-order valence-electron chi connectivity index (χ4n) is 3.13. The summed E-state index contributed by atoms with van der Waals surface area (Å²) >= 11 is 3.55. The van der Waals surface area contributed by atoms with Gasteiger partial charge in [-0.3, -0.25) is 9.59 Å². The Bertz CT molecular complexity index is 1240. The predicted octanol–water partition coefficient (Wildman–Crippen LogP) is 5.87. The lowest BCUT2D eigenvalue weighted by atomic mass is 10.1. The molecule has 2 N–H and O–H groups in total. The molecule has 0 atom stereocenters. The van der Waals surface area contributed by atoms with Gasteiger partial charge < -0.3 is 15.4 Å². The summed E-state index contributed by atoms with van der Waals surface area (Å²) in [6, 6.07) is 27.6. The Morgan fingerprint density at radius 1 is 0.774 bits per heavy atom. The van der Waals surface area contributed by atoms with Gasteiger partial charge in [0.15, 0.2) is 6.61 Å². The molecule has 154 valence electrons. The molecule has 0 saturated carbocycles. The molecule has 0 saturated heterocycles. The van der Waals surface area contributed by atoms with E-state index in [0.29, 0.717) is 22.7 Å². The molecule has 5 nitrogen and oxygen atoms in total. The number of hydrogen-bond acceptors (Lipinski definition) is 3. The third-order valence-electron chi connectivity index (χ3n) is 4.63. The van der Waals surface area contributed by atoms with Crippen molar-refractivity contribution in [1.29, 1.82) is 0 Å². The molecule has 0 aliphatic rings. The largest absolute Gasteiger partial charge is 0.483 e. The zero-order valence-electron chi connectivity index (χ0n) is 16.5. The smallest absolute Gasteiger partial charge is 0.262 e. The molecule has 0 aromatic heterocycles. The highest BCUT2D eigenvalue weighted by Gasteiger charge is 2.10. The fourth-order valence-corrected chi connectivity index (χ4v) is 3.74. The molecule has 0 unspecified atom stereocenters. The van der Waals surface area contributed by atoms with Crippen LogP contribution in [-0.2, 0) is 4.79 Å². The van der Waals surface area contributed by atoms with Crippen LogP contribution in [0.25, 0.3) is 10.8 Å². The normalized spacial score (nSPS) is 10.5. The standard InChI is InChI=1S/C25H19BrN2O3/c26-24-21-12-5-4-7-17(21)13-14-22(24)31-16-23(29)27-19-10-6-11-20(15-19)28-25(30)18-8-2-1-3-9-18/h1-15H,16H2,(H,27,29)(H,28,30). The van der Waals surface area contributed by atoms with Gasteiger partial charge in [0.1, 0.15) is 5.75 Å². The molecule has 31 heavy (non-hydrogen) atoms. The Hall–Kier alpha value is -3.64. The van der Waals surface area contributed by atoms with Crippen LogP contribution in [0.2, 0.25) is 0 Å². The maximum Gasteiger partial charge on any atom is 0.262 e. The summed E-state index contributed by atoms with van der Waals surface area (Å²) < 4.78 is 6.51. The molecule has 2 amide bonds. The monoisotopic (exact) mass is 474 g/mol. The number of ether oxygens (including phenoxy) is 1. The SMILES string of the molecule is O=C(COc1ccc2ccccc2c1Br)Nc1cccc(NC(=O)c2ccccc2)c1. The third kappa shape index (κ3) is 5.10. The maximum absolute atomic E-state index is 12.4. The van der Waals surface area contributed by atoms with Crippen molar-refractivity contribution in [2.75, 3.05) is 17.2 Å². The lowest BCUT2D eigenvalue weighted by Crippen LogP contribution is -2.20. The van der Waals surface area contributed by atoms with Gasteiger partial charge in [-0.25, -0.2) is 0 Å². The van der Waals surface area contributed by atoms with Gasteiger partial charge in [0.2, 0.25) is 0 Å². The first-order chi connectivity index (χ1) is 15.1. The average molecular weight is 475 g/mol. The third-order valence-corrected chi connectivity index (χ3v) is 5.44. The van der Waals surface area contributed by atoms with E-state index < -0.39 is 0 Å². The van der Waals surface area contributed by atoms with Gasteiger partial charge >= 0.3 is 0 Å². The molecular formula is C25H19BrN2O3. The first kappa shape index (κ1) is 20.6. The number of hydrogen-bond donors (Lipinski definition) is 2. The van der Waals surface area contributed by atoms with Crippen LogP contribution in [0.3, 0.4) is 0 Å². The zero-order valence-corrected chi connectivity index (χ0v) is 18.1. The molecular weight excluding hydrogens is 456 g/mol. The number of benzene rings is 4. The predicted molar refractivity (Wildman–Crippen MR) is 127 cm³/mol. The van der Waals surface area contributed by atoms with E-state index in [1.807, 2.05) is 42.5 Å². The average Bonchev–Trinajstić information content (AvgIpc) is 2.79.